The summed E-state index contributed by atoms with van der Waals surface area (Å²) in [5, 5.41) is 11.5. The van der Waals surface area contributed by atoms with Gasteiger partial charge in [-0.1, -0.05) is 42.1 Å². The number of carbonyl (C=O) groups is 1. The van der Waals surface area contributed by atoms with Crippen molar-refractivity contribution in [1.82, 2.24) is 14.9 Å². The maximum Gasteiger partial charge on any atom is 0.240 e. The highest BCUT2D eigenvalue weighted by Gasteiger charge is 2.37. The quantitative estimate of drug-likeness (QED) is 0.723. The van der Waals surface area contributed by atoms with E-state index >= 15 is 0 Å². The van der Waals surface area contributed by atoms with Gasteiger partial charge in [0, 0.05) is 5.69 Å². The molecule has 0 radical (unpaired) electrons. The first-order chi connectivity index (χ1) is 13.2. The highest BCUT2D eigenvalue weighted by Crippen LogP contribution is 2.37. The van der Waals surface area contributed by atoms with E-state index in [0.717, 1.165) is 22.8 Å². The van der Waals surface area contributed by atoms with Gasteiger partial charge >= 0.3 is 0 Å². The van der Waals surface area contributed by atoms with E-state index in [4.69, 9.17) is 4.74 Å². The summed E-state index contributed by atoms with van der Waals surface area (Å²) in [4.78, 5) is 13.1. The van der Waals surface area contributed by atoms with E-state index in [2.05, 4.69) is 20.9 Å². The number of nitrogens with one attached hydrogen (secondary N) is 2. The number of methoxy groups -OCH3 is 1. The van der Waals surface area contributed by atoms with Crippen LogP contribution in [0.5, 0.6) is 5.75 Å². The number of rotatable bonds is 4. The number of fused-ring (bicyclic) bond motifs is 1. The fraction of sp³-hybridized carbons (Fsp3) is 0.211. The van der Waals surface area contributed by atoms with Gasteiger partial charge in [-0.2, -0.15) is 0 Å². The van der Waals surface area contributed by atoms with Gasteiger partial charge in [-0.15, -0.1) is 10.2 Å². The molecule has 7 nitrogen and oxygen atoms in total. The van der Waals surface area contributed by atoms with Gasteiger partial charge in [0.2, 0.25) is 11.1 Å². The van der Waals surface area contributed by atoms with Crippen LogP contribution in [-0.4, -0.2) is 33.1 Å². The minimum atomic E-state index is -0.398. The van der Waals surface area contributed by atoms with Gasteiger partial charge in [-0.25, -0.2) is 4.68 Å². The van der Waals surface area contributed by atoms with Gasteiger partial charge in [-0.3, -0.25) is 4.79 Å². The summed E-state index contributed by atoms with van der Waals surface area (Å²) in [6, 6.07) is 17.0. The molecular weight excluding hydrogens is 362 g/mol. The van der Waals surface area contributed by atoms with Crippen molar-refractivity contribution in [3.63, 3.8) is 0 Å². The molecular formula is C19H19N5O2S. The second-order valence-electron chi connectivity index (χ2n) is 6.14. The molecule has 0 saturated heterocycles. The maximum atomic E-state index is 13.1. The molecule has 2 atom stereocenters. The van der Waals surface area contributed by atoms with Crippen LogP contribution in [0.1, 0.15) is 17.4 Å². The van der Waals surface area contributed by atoms with Crippen molar-refractivity contribution < 1.29 is 9.53 Å². The number of aromatic nitrogens is 3. The maximum absolute atomic E-state index is 13.1. The Balaban J connectivity index is 1.62. The third-order valence-corrected chi connectivity index (χ3v) is 5.59. The van der Waals surface area contributed by atoms with Crippen LogP contribution in [0.25, 0.3) is 0 Å². The Hall–Kier alpha value is -3.00. The third kappa shape index (κ3) is 3.48. The molecule has 0 spiro atoms. The Morgan fingerprint density at radius 3 is 2.59 bits per heavy atom. The molecule has 1 aromatic heterocycles. The fourth-order valence-corrected chi connectivity index (χ4v) is 4.08. The minimum Gasteiger partial charge on any atom is -0.497 e. The average Bonchev–Trinajstić information content (AvgIpc) is 3.08. The minimum absolute atomic E-state index is 0.0987. The number of thioether (sulfide) groups is 1. The lowest BCUT2D eigenvalue weighted by Gasteiger charge is -2.32. The first kappa shape index (κ1) is 17.4. The van der Waals surface area contributed by atoms with E-state index in [1.54, 1.807) is 7.11 Å². The lowest BCUT2D eigenvalue weighted by molar-refractivity contribution is -0.116. The van der Waals surface area contributed by atoms with E-state index in [0.29, 0.717) is 5.16 Å². The molecule has 1 aliphatic heterocycles. The predicted molar refractivity (Wildman–Crippen MR) is 105 cm³/mol. The third-order valence-electron chi connectivity index (χ3n) is 4.37. The second kappa shape index (κ2) is 7.32. The number of benzene rings is 2. The molecule has 1 amide bonds. The van der Waals surface area contributed by atoms with E-state index in [9.17, 15) is 4.79 Å². The van der Waals surface area contributed by atoms with Crippen molar-refractivity contribution in [3.05, 3.63) is 66.0 Å². The fourth-order valence-electron chi connectivity index (χ4n) is 2.96. The molecule has 0 unspecified atom stereocenters. The zero-order valence-electron chi connectivity index (χ0n) is 14.9. The highest BCUT2D eigenvalue weighted by molar-refractivity contribution is 8.00. The number of hydrogen-bond donors (Lipinski definition) is 2. The van der Waals surface area contributed by atoms with Crippen LogP contribution in [0.15, 0.2) is 59.8 Å². The standard InChI is InChI=1S/C19H19N5O2S/c1-12-21-22-19-24(12)23-16(13-6-4-3-5-7-13)17(27-19)18(25)20-14-8-10-15(26-2)11-9-14/h3-11,16-17,23H,1-2H3,(H,20,25)/t16-,17+/m1/s1. The van der Waals surface area contributed by atoms with Crippen molar-refractivity contribution in [2.45, 2.75) is 23.4 Å². The Bertz CT molecular complexity index is 942. The summed E-state index contributed by atoms with van der Waals surface area (Å²) >= 11 is 1.41. The van der Waals surface area contributed by atoms with Crippen LogP contribution in [0, 0.1) is 6.92 Å². The second-order valence-corrected chi connectivity index (χ2v) is 7.25. The number of anilines is 1. The molecule has 2 N–H and O–H groups in total. The molecule has 3 aromatic rings. The SMILES string of the molecule is COc1ccc(NC(=O)[C@H]2Sc3nnc(C)n3N[C@@H]2c2ccccc2)cc1. The Morgan fingerprint density at radius 2 is 1.89 bits per heavy atom. The summed E-state index contributed by atoms with van der Waals surface area (Å²) in [5.41, 5.74) is 5.13. The van der Waals surface area contributed by atoms with Crippen LogP contribution < -0.4 is 15.5 Å². The number of carbonyl (C=O) groups excluding carboxylic acids is 1. The van der Waals surface area contributed by atoms with Crippen LogP contribution in [0.3, 0.4) is 0 Å². The topological polar surface area (TPSA) is 81.1 Å². The lowest BCUT2D eigenvalue weighted by atomic mass is 10.0. The van der Waals surface area contributed by atoms with Gasteiger partial charge < -0.3 is 15.5 Å². The van der Waals surface area contributed by atoms with Gasteiger partial charge in [-0.05, 0) is 36.8 Å². The molecule has 8 heteroatoms. The van der Waals surface area contributed by atoms with Crippen LogP contribution in [-0.2, 0) is 4.79 Å². The lowest BCUT2D eigenvalue weighted by Crippen LogP contribution is -2.41. The van der Waals surface area contributed by atoms with Crippen molar-refractivity contribution in [2.75, 3.05) is 17.9 Å². The molecule has 138 valence electrons. The summed E-state index contributed by atoms with van der Waals surface area (Å²) in [5.74, 6) is 1.40. The summed E-state index contributed by atoms with van der Waals surface area (Å²) in [7, 11) is 1.61. The molecule has 0 fully saturated rings. The highest BCUT2D eigenvalue weighted by atomic mass is 32.2. The van der Waals surface area contributed by atoms with Gasteiger partial charge in [0.05, 0.1) is 13.2 Å². The molecule has 1 aliphatic rings. The molecule has 0 saturated carbocycles. The average molecular weight is 381 g/mol. The predicted octanol–water partition coefficient (Wildman–Crippen LogP) is 2.99. The molecule has 2 heterocycles. The monoisotopic (exact) mass is 381 g/mol. The largest absolute Gasteiger partial charge is 0.497 e. The smallest absolute Gasteiger partial charge is 0.240 e. The van der Waals surface area contributed by atoms with Crippen molar-refractivity contribution in [1.29, 1.82) is 0 Å². The van der Waals surface area contributed by atoms with E-state index in [-0.39, 0.29) is 11.9 Å². The first-order valence-electron chi connectivity index (χ1n) is 8.51. The van der Waals surface area contributed by atoms with Gasteiger partial charge in [0.1, 0.15) is 16.8 Å². The Morgan fingerprint density at radius 1 is 1.15 bits per heavy atom. The van der Waals surface area contributed by atoms with Crippen molar-refractivity contribution in [3.8, 4) is 5.75 Å². The molecule has 2 aromatic carbocycles. The zero-order chi connectivity index (χ0) is 18.8. The van der Waals surface area contributed by atoms with Crippen molar-refractivity contribution in [2.24, 2.45) is 0 Å². The van der Waals surface area contributed by atoms with Gasteiger partial charge in [0.25, 0.3) is 0 Å². The Labute approximate surface area is 161 Å². The normalized spacial score (nSPS) is 18.3. The summed E-state index contributed by atoms with van der Waals surface area (Å²) in [6.45, 7) is 1.88. The molecule has 0 aliphatic carbocycles. The van der Waals surface area contributed by atoms with Crippen LogP contribution >= 0.6 is 11.8 Å². The van der Waals surface area contributed by atoms with Crippen LogP contribution in [0.2, 0.25) is 0 Å². The van der Waals surface area contributed by atoms with E-state index < -0.39 is 5.25 Å². The number of amides is 1. The first-order valence-corrected chi connectivity index (χ1v) is 9.39. The number of aryl methyl sites for hydroxylation is 1. The van der Waals surface area contributed by atoms with E-state index in [1.165, 1.54) is 11.8 Å². The number of nitrogens with zero attached hydrogens (tertiary/aromatic N) is 3. The molecule has 27 heavy (non-hydrogen) atoms. The Kier molecular flexibility index (Phi) is 4.72. The van der Waals surface area contributed by atoms with Crippen LogP contribution in [0.4, 0.5) is 5.69 Å². The number of hydrogen-bond acceptors (Lipinski definition) is 6. The molecule has 4 rings (SSSR count). The van der Waals surface area contributed by atoms with Gasteiger partial charge in [0.15, 0.2) is 0 Å². The van der Waals surface area contributed by atoms with Crippen molar-refractivity contribution >= 4 is 23.4 Å². The van der Waals surface area contributed by atoms with E-state index in [1.807, 2.05) is 66.2 Å². The molecule has 0 bridgehead atoms. The summed E-state index contributed by atoms with van der Waals surface area (Å²) in [6.07, 6.45) is 0. The number of ether oxygens (including phenoxy) is 1. The zero-order valence-corrected chi connectivity index (χ0v) is 15.7. The summed E-state index contributed by atoms with van der Waals surface area (Å²) < 4.78 is 6.99.